The Balaban J connectivity index is 1.06. The van der Waals surface area contributed by atoms with Crippen LogP contribution in [0.2, 0.25) is 0 Å². The van der Waals surface area contributed by atoms with E-state index in [-0.39, 0.29) is 0 Å². The molecule has 3 heteroatoms. The van der Waals surface area contributed by atoms with Gasteiger partial charge < -0.3 is 14.1 Å². The number of para-hydroxylation sites is 3. The summed E-state index contributed by atoms with van der Waals surface area (Å²) < 4.78 is 13.4. The Morgan fingerprint density at radius 2 is 0.933 bits per heavy atom. The molecule has 10 aromatic carbocycles. The maximum Gasteiger partial charge on any atom is 0.140 e. The fraction of sp³-hybridized carbons (Fsp3) is 0.0175. The Kier molecular flexibility index (Phi) is 6.93. The largest absolute Gasteiger partial charge is 0.456 e. The van der Waals surface area contributed by atoms with Gasteiger partial charge in [-0.25, -0.2) is 0 Å². The van der Waals surface area contributed by atoms with Crippen molar-refractivity contribution in [3.8, 4) is 33.8 Å². The predicted molar refractivity (Wildman–Crippen MR) is 246 cm³/mol. The topological polar surface area (TPSA) is 25.6 Å². The third-order valence-electron chi connectivity index (χ3n) is 12.9. The molecule has 60 heavy (non-hydrogen) atoms. The molecule has 280 valence electrons. The van der Waals surface area contributed by atoms with Crippen molar-refractivity contribution in [2.45, 2.75) is 5.41 Å². The van der Waals surface area contributed by atoms with Gasteiger partial charge >= 0.3 is 0 Å². The number of benzene rings is 10. The van der Waals surface area contributed by atoms with Crippen molar-refractivity contribution in [3.05, 3.63) is 235 Å². The van der Waals surface area contributed by atoms with Gasteiger partial charge in [0.25, 0.3) is 0 Å². The van der Waals surface area contributed by atoms with Crippen LogP contribution in [0.1, 0.15) is 22.3 Å². The second-order valence-electron chi connectivity index (χ2n) is 16.0. The van der Waals surface area contributed by atoms with Crippen LogP contribution in [0.5, 0.6) is 11.5 Å². The van der Waals surface area contributed by atoms with Crippen molar-refractivity contribution < 1.29 is 9.15 Å². The van der Waals surface area contributed by atoms with Gasteiger partial charge in [0.1, 0.15) is 22.7 Å². The van der Waals surface area contributed by atoms with Crippen LogP contribution in [0.25, 0.3) is 65.7 Å². The average molecular weight is 766 g/mol. The van der Waals surface area contributed by atoms with Crippen LogP contribution in [0.15, 0.2) is 217 Å². The van der Waals surface area contributed by atoms with Gasteiger partial charge in [-0.1, -0.05) is 164 Å². The summed E-state index contributed by atoms with van der Waals surface area (Å²) in [6.45, 7) is 0. The van der Waals surface area contributed by atoms with E-state index in [1.165, 1.54) is 33.4 Å². The zero-order valence-electron chi connectivity index (χ0n) is 32.5. The molecule has 2 aliphatic rings. The minimum Gasteiger partial charge on any atom is -0.456 e. The zero-order chi connectivity index (χ0) is 39.4. The van der Waals surface area contributed by atoms with Crippen LogP contribution in [0, 0.1) is 0 Å². The number of hydrogen-bond acceptors (Lipinski definition) is 3. The van der Waals surface area contributed by atoms with Crippen LogP contribution in [0.3, 0.4) is 0 Å². The highest BCUT2D eigenvalue weighted by molar-refractivity contribution is 6.07. The van der Waals surface area contributed by atoms with Crippen molar-refractivity contribution >= 4 is 60.5 Å². The van der Waals surface area contributed by atoms with E-state index < -0.39 is 5.41 Å². The van der Waals surface area contributed by atoms with E-state index in [2.05, 4.69) is 205 Å². The van der Waals surface area contributed by atoms with Crippen molar-refractivity contribution in [1.82, 2.24) is 0 Å². The van der Waals surface area contributed by atoms with Crippen LogP contribution < -0.4 is 9.64 Å². The molecule has 0 N–H and O–H groups in total. The first-order chi connectivity index (χ1) is 29.8. The van der Waals surface area contributed by atoms with Gasteiger partial charge in [0, 0.05) is 49.6 Å². The Morgan fingerprint density at radius 1 is 0.350 bits per heavy atom. The fourth-order valence-corrected chi connectivity index (χ4v) is 10.3. The molecule has 1 aliphatic heterocycles. The summed E-state index contributed by atoms with van der Waals surface area (Å²) in [6.07, 6.45) is 0. The number of fused-ring (bicyclic) bond motifs is 16. The van der Waals surface area contributed by atoms with Crippen molar-refractivity contribution in [2.24, 2.45) is 0 Å². The van der Waals surface area contributed by atoms with E-state index in [9.17, 15) is 0 Å². The maximum atomic E-state index is 7.17. The molecule has 3 nitrogen and oxygen atoms in total. The molecule has 0 saturated carbocycles. The molecule has 0 unspecified atom stereocenters. The molecule has 0 atom stereocenters. The van der Waals surface area contributed by atoms with Gasteiger partial charge in [0.05, 0.1) is 11.1 Å². The lowest BCUT2D eigenvalue weighted by Crippen LogP contribution is -2.32. The molecule has 0 saturated heterocycles. The van der Waals surface area contributed by atoms with Gasteiger partial charge in [-0.15, -0.1) is 0 Å². The summed E-state index contributed by atoms with van der Waals surface area (Å²) in [5, 5.41) is 6.77. The monoisotopic (exact) mass is 765 g/mol. The summed E-state index contributed by atoms with van der Waals surface area (Å²) in [5.41, 5.74) is 14.0. The fourth-order valence-electron chi connectivity index (χ4n) is 10.3. The average Bonchev–Trinajstić information content (AvgIpc) is 3.83. The zero-order valence-corrected chi connectivity index (χ0v) is 32.5. The number of hydrogen-bond donors (Lipinski definition) is 0. The van der Waals surface area contributed by atoms with Gasteiger partial charge in [-0.2, -0.15) is 0 Å². The smallest absolute Gasteiger partial charge is 0.140 e. The van der Waals surface area contributed by atoms with E-state index >= 15 is 0 Å². The molecule has 1 spiro atoms. The SMILES string of the molecule is c1ccc(N(c2ccc3oc4ccccc4c3c2)c2ccccc2-c2ccc3c(c2)-c2ccccc2C32c3ccc4ccccc4c3Oc3c2ccc2ccccc32)cc1. The summed E-state index contributed by atoms with van der Waals surface area (Å²) >= 11 is 0. The summed E-state index contributed by atoms with van der Waals surface area (Å²) in [5.74, 6) is 1.85. The van der Waals surface area contributed by atoms with Crippen molar-refractivity contribution in [2.75, 3.05) is 4.90 Å². The highest BCUT2D eigenvalue weighted by atomic mass is 16.5. The van der Waals surface area contributed by atoms with Crippen LogP contribution >= 0.6 is 0 Å². The first-order valence-corrected chi connectivity index (χ1v) is 20.6. The molecule has 1 aliphatic carbocycles. The molecule has 0 amide bonds. The van der Waals surface area contributed by atoms with Gasteiger partial charge in [-0.05, 0) is 87.1 Å². The summed E-state index contributed by atoms with van der Waals surface area (Å²) in [6, 6.07) is 76.8. The lowest BCUT2D eigenvalue weighted by Gasteiger charge is -2.40. The van der Waals surface area contributed by atoms with E-state index in [1.807, 2.05) is 12.1 Å². The molecular formula is C57H35NO2. The number of anilines is 3. The lowest BCUT2D eigenvalue weighted by atomic mass is 9.65. The summed E-state index contributed by atoms with van der Waals surface area (Å²) in [4.78, 5) is 2.38. The molecule has 0 radical (unpaired) electrons. The third-order valence-corrected chi connectivity index (χ3v) is 12.9. The molecular weight excluding hydrogens is 731 g/mol. The molecule has 13 rings (SSSR count). The standard InChI is InChI=1S/C57H35NO2/c1-2-16-39(17-3-1)58(40-29-33-54-47(35-40)45-22-10-13-25-53(45)59-54)52-24-12-9-18-41(52)38-28-30-49-46(34-38)44-21-8-11-23-48(44)57(49)50-31-26-36-14-4-6-19-42(36)55(50)60-56-43-20-7-5-15-37(43)27-32-51(56)57/h1-35H. The minimum absolute atomic E-state index is 0.597. The van der Waals surface area contributed by atoms with E-state index in [0.29, 0.717) is 0 Å². The number of nitrogens with zero attached hydrogens (tertiary/aromatic N) is 1. The predicted octanol–water partition coefficient (Wildman–Crippen LogP) is 15.5. The lowest BCUT2D eigenvalue weighted by molar-refractivity contribution is 0.447. The maximum absolute atomic E-state index is 7.17. The molecule has 11 aromatic rings. The second-order valence-corrected chi connectivity index (χ2v) is 16.0. The van der Waals surface area contributed by atoms with Crippen LogP contribution in [-0.2, 0) is 5.41 Å². The molecule has 2 heterocycles. The molecule has 0 fully saturated rings. The van der Waals surface area contributed by atoms with E-state index in [4.69, 9.17) is 9.15 Å². The molecule has 0 bridgehead atoms. The third kappa shape index (κ3) is 4.54. The Bertz CT molecular complexity index is 3460. The van der Waals surface area contributed by atoms with Crippen LogP contribution in [-0.4, -0.2) is 0 Å². The highest BCUT2D eigenvalue weighted by Crippen LogP contribution is 2.64. The highest BCUT2D eigenvalue weighted by Gasteiger charge is 2.51. The summed E-state index contributed by atoms with van der Waals surface area (Å²) in [7, 11) is 0. The van der Waals surface area contributed by atoms with Crippen molar-refractivity contribution in [1.29, 1.82) is 0 Å². The number of ether oxygens (including phenoxy) is 1. The van der Waals surface area contributed by atoms with Gasteiger partial charge in [0.15, 0.2) is 0 Å². The second kappa shape index (κ2) is 12.6. The van der Waals surface area contributed by atoms with Crippen LogP contribution in [0.4, 0.5) is 17.1 Å². The van der Waals surface area contributed by atoms with E-state index in [1.54, 1.807) is 0 Å². The minimum atomic E-state index is -0.597. The Morgan fingerprint density at radius 3 is 1.70 bits per heavy atom. The number of rotatable bonds is 4. The normalized spacial score (nSPS) is 13.3. The first-order valence-electron chi connectivity index (χ1n) is 20.6. The Hall–Kier alpha value is -7.88. The van der Waals surface area contributed by atoms with Crippen molar-refractivity contribution in [3.63, 3.8) is 0 Å². The van der Waals surface area contributed by atoms with E-state index in [0.717, 1.165) is 83.2 Å². The first kappa shape index (κ1) is 33.1. The van der Waals surface area contributed by atoms with Gasteiger partial charge in [-0.3, -0.25) is 0 Å². The quantitative estimate of drug-likeness (QED) is 0.178. The molecule has 1 aromatic heterocycles. The Labute approximate surface area is 347 Å². The van der Waals surface area contributed by atoms with Gasteiger partial charge in [0.2, 0.25) is 0 Å². The number of furan rings is 1.